The Balaban J connectivity index is 1.59. The van der Waals surface area contributed by atoms with Gasteiger partial charge in [-0.15, -0.1) is 0 Å². The molecule has 3 rings (SSSR count). The summed E-state index contributed by atoms with van der Waals surface area (Å²) in [6.07, 6.45) is 4.46. The van der Waals surface area contributed by atoms with Gasteiger partial charge in [-0.05, 0) is 31.2 Å². The van der Waals surface area contributed by atoms with E-state index in [4.69, 9.17) is 11.6 Å². The molecule has 2 heterocycles. The molecular formula is C15H18ClN3O3. The van der Waals surface area contributed by atoms with Crippen molar-refractivity contribution in [3.05, 3.63) is 38.9 Å². The molecule has 2 N–H and O–H groups in total. The standard InChI is InChI=1S/C15H18ClN3O3/c16-14-8-13(19(21)22)4-1-9(14)5-15(20)18-12-6-10-2-3-11(7-12)17-10/h1,4,8,10-12,17H,2-3,5-7H2,(H,18,20). The number of non-ortho nitro benzene ring substituents is 1. The molecule has 22 heavy (non-hydrogen) atoms. The smallest absolute Gasteiger partial charge is 0.270 e. The van der Waals surface area contributed by atoms with E-state index in [2.05, 4.69) is 10.6 Å². The van der Waals surface area contributed by atoms with Crippen LogP contribution in [-0.4, -0.2) is 29.0 Å². The van der Waals surface area contributed by atoms with Crippen molar-refractivity contribution in [3.63, 3.8) is 0 Å². The SMILES string of the molecule is O=C(Cc1ccc([N+](=O)[O-])cc1Cl)NC1CC2CCC(C1)N2. The Morgan fingerprint density at radius 2 is 2.05 bits per heavy atom. The van der Waals surface area contributed by atoms with Gasteiger partial charge in [-0.1, -0.05) is 17.7 Å². The zero-order chi connectivity index (χ0) is 15.7. The van der Waals surface area contributed by atoms with E-state index < -0.39 is 4.92 Å². The van der Waals surface area contributed by atoms with E-state index in [1.807, 2.05) is 0 Å². The number of rotatable bonds is 4. The summed E-state index contributed by atoms with van der Waals surface area (Å²) in [6.45, 7) is 0. The number of amides is 1. The predicted molar refractivity (Wildman–Crippen MR) is 82.9 cm³/mol. The molecule has 118 valence electrons. The Morgan fingerprint density at radius 3 is 2.64 bits per heavy atom. The fraction of sp³-hybridized carbons (Fsp3) is 0.533. The Bertz CT molecular complexity index is 596. The number of halogens is 1. The largest absolute Gasteiger partial charge is 0.353 e. The number of hydrogen-bond acceptors (Lipinski definition) is 4. The highest BCUT2D eigenvalue weighted by Gasteiger charge is 2.33. The summed E-state index contributed by atoms with van der Waals surface area (Å²) in [6, 6.07) is 5.46. The number of carbonyl (C=O) groups is 1. The van der Waals surface area contributed by atoms with Gasteiger partial charge in [0.2, 0.25) is 5.91 Å². The number of nitrogens with one attached hydrogen (secondary N) is 2. The summed E-state index contributed by atoms with van der Waals surface area (Å²) in [7, 11) is 0. The van der Waals surface area contributed by atoms with Crippen LogP contribution in [0.15, 0.2) is 18.2 Å². The third kappa shape index (κ3) is 3.39. The van der Waals surface area contributed by atoms with E-state index in [1.165, 1.54) is 25.0 Å². The summed E-state index contributed by atoms with van der Waals surface area (Å²) in [5, 5.41) is 17.5. The third-order valence-corrected chi connectivity index (χ3v) is 4.79. The van der Waals surface area contributed by atoms with Gasteiger partial charge >= 0.3 is 0 Å². The van der Waals surface area contributed by atoms with Crippen molar-refractivity contribution in [3.8, 4) is 0 Å². The number of hydrogen-bond donors (Lipinski definition) is 2. The number of nitro groups is 1. The molecule has 0 aromatic heterocycles. The minimum Gasteiger partial charge on any atom is -0.353 e. The van der Waals surface area contributed by atoms with Crippen molar-refractivity contribution in [1.29, 1.82) is 0 Å². The number of nitrogens with zero attached hydrogens (tertiary/aromatic N) is 1. The maximum atomic E-state index is 12.2. The number of carbonyl (C=O) groups excluding carboxylic acids is 1. The van der Waals surface area contributed by atoms with Gasteiger partial charge in [0.25, 0.3) is 5.69 Å². The summed E-state index contributed by atoms with van der Waals surface area (Å²) in [4.78, 5) is 22.3. The fourth-order valence-electron chi connectivity index (χ4n) is 3.42. The van der Waals surface area contributed by atoms with Gasteiger partial charge < -0.3 is 10.6 Å². The highest BCUT2D eigenvalue weighted by atomic mass is 35.5. The average molecular weight is 324 g/mol. The van der Waals surface area contributed by atoms with E-state index >= 15 is 0 Å². The van der Waals surface area contributed by atoms with Gasteiger partial charge in [0.05, 0.1) is 16.4 Å². The molecule has 1 aromatic rings. The highest BCUT2D eigenvalue weighted by molar-refractivity contribution is 6.31. The van der Waals surface area contributed by atoms with Gasteiger partial charge in [-0.2, -0.15) is 0 Å². The second-order valence-corrected chi connectivity index (χ2v) is 6.49. The molecule has 0 radical (unpaired) electrons. The number of fused-ring (bicyclic) bond motifs is 2. The third-order valence-electron chi connectivity index (χ3n) is 4.44. The lowest BCUT2D eigenvalue weighted by molar-refractivity contribution is -0.384. The van der Waals surface area contributed by atoms with Gasteiger partial charge in [0, 0.05) is 30.3 Å². The van der Waals surface area contributed by atoms with E-state index in [-0.39, 0.29) is 29.1 Å². The fourth-order valence-corrected chi connectivity index (χ4v) is 3.66. The van der Waals surface area contributed by atoms with Crippen molar-refractivity contribution in [2.75, 3.05) is 0 Å². The maximum Gasteiger partial charge on any atom is 0.270 e. The zero-order valence-corrected chi connectivity index (χ0v) is 12.8. The normalized spacial score (nSPS) is 26.7. The van der Waals surface area contributed by atoms with Gasteiger partial charge in [-0.3, -0.25) is 14.9 Å². The van der Waals surface area contributed by atoms with E-state index in [9.17, 15) is 14.9 Å². The first-order chi connectivity index (χ1) is 10.5. The topological polar surface area (TPSA) is 84.3 Å². The lowest BCUT2D eigenvalue weighted by atomic mass is 9.99. The second-order valence-electron chi connectivity index (χ2n) is 6.08. The Morgan fingerprint density at radius 1 is 1.36 bits per heavy atom. The molecule has 0 saturated carbocycles. The Hall–Kier alpha value is -1.66. The predicted octanol–water partition coefficient (Wildman–Crippen LogP) is 2.19. The molecule has 1 amide bonds. The van der Waals surface area contributed by atoms with Crippen LogP contribution in [0.1, 0.15) is 31.2 Å². The van der Waals surface area contributed by atoms with Crippen molar-refractivity contribution in [1.82, 2.24) is 10.6 Å². The van der Waals surface area contributed by atoms with Crippen LogP contribution in [-0.2, 0) is 11.2 Å². The first-order valence-corrected chi connectivity index (χ1v) is 7.87. The van der Waals surface area contributed by atoms with Crippen molar-refractivity contribution >= 4 is 23.2 Å². The van der Waals surface area contributed by atoms with Crippen LogP contribution in [0.2, 0.25) is 5.02 Å². The molecule has 2 unspecified atom stereocenters. The average Bonchev–Trinajstić information content (AvgIpc) is 2.80. The molecule has 2 aliphatic heterocycles. The number of nitro benzene ring substituents is 1. The van der Waals surface area contributed by atoms with Gasteiger partial charge in [0.1, 0.15) is 0 Å². The molecule has 7 heteroatoms. The number of piperidine rings is 1. The van der Waals surface area contributed by atoms with Crippen LogP contribution < -0.4 is 10.6 Å². The van der Waals surface area contributed by atoms with Crippen LogP contribution >= 0.6 is 11.6 Å². The first kappa shape index (κ1) is 15.2. The molecule has 2 aliphatic rings. The van der Waals surface area contributed by atoms with Crippen LogP contribution in [0, 0.1) is 10.1 Å². The van der Waals surface area contributed by atoms with Crippen molar-refractivity contribution in [2.24, 2.45) is 0 Å². The molecule has 2 atom stereocenters. The van der Waals surface area contributed by atoms with E-state index in [0.717, 1.165) is 12.8 Å². The zero-order valence-electron chi connectivity index (χ0n) is 12.0. The van der Waals surface area contributed by atoms with Crippen LogP contribution in [0.3, 0.4) is 0 Å². The molecule has 2 saturated heterocycles. The molecule has 2 fully saturated rings. The molecular weight excluding hydrogens is 306 g/mol. The van der Waals surface area contributed by atoms with Gasteiger partial charge in [0.15, 0.2) is 0 Å². The van der Waals surface area contributed by atoms with Crippen LogP contribution in [0.5, 0.6) is 0 Å². The number of benzene rings is 1. The lowest BCUT2D eigenvalue weighted by Crippen LogP contribution is -2.48. The minimum atomic E-state index is -0.499. The van der Waals surface area contributed by atoms with E-state index in [1.54, 1.807) is 6.07 Å². The highest BCUT2D eigenvalue weighted by Crippen LogP contribution is 2.27. The Labute approximate surface area is 133 Å². The summed E-state index contributed by atoms with van der Waals surface area (Å²) >= 11 is 6.02. The maximum absolute atomic E-state index is 12.2. The molecule has 0 spiro atoms. The van der Waals surface area contributed by atoms with Gasteiger partial charge in [-0.25, -0.2) is 0 Å². The van der Waals surface area contributed by atoms with E-state index in [0.29, 0.717) is 17.6 Å². The first-order valence-electron chi connectivity index (χ1n) is 7.49. The molecule has 6 nitrogen and oxygen atoms in total. The summed E-state index contributed by atoms with van der Waals surface area (Å²) in [5.41, 5.74) is 0.547. The van der Waals surface area contributed by atoms with Crippen LogP contribution in [0.4, 0.5) is 5.69 Å². The van der Waals surface area contributed by atoms with Crippen molar-refractivity contribution < 1.29 is 9.72 Å². The minimum absolute atomic E-state index is 0.0657. The quantitative estimate of drug-likeness (QED) is 0.657. The lowest BCUT2D eigenvalue weighted by Gasteiger charge is -2.29. The summed E-state index contributed by atoms with van der Waals surface area (Å²) < 4.78 is 0. The second kappa shape index (κ2) is 6.22. The molecule has 1 aromatic carbocycles. The van der Waals surface area contributed by atoms with Crippen LogP contribution in [0.25, 0.3) is 0 Å². The summed E-state index contributed by atoms with van der Waals surface area (Å²) in [5.74, 6) is -0.0814. The molecule has 2 bridgehead atoms. The monoisotopic (exact) mass is 323 g/mol. The Kier molecular flexibility index (Phi) is 4.31. The van der Waals surface area contributed by atoms with Crippen molar-refractivity contribution in [2.45, 2.75) is 50.2 Å². The molecule has 0 aliphatic carbocycles.